The summed E-state index contributed by atoms with van der Waals surface area (Å²) in [5.41, 5.74) is 3.92. The highest BCUT2D eigenvalue weighted by Crippen LogP contribution is 2.70. The predicted molar refractivity (Wildman–Crippen MR) is 173 cm³/mol. The van der Waals surface area contributed by atoms with Crippen molar-refractivity contribution < 1.29 is 21.8 Å². The summed E-state index contributed by atoms with van der Waals surface area (Å²) in [6, 6.07) is 0.296. The first-order valence-corrected chi connectivity index (χ1v) is 17.1. The number of amides is 2. The fraction of sp³-hybridized carbons (Fsp3) is 0.912. The molecule has 3 N–H and O–H groups in total. The Labute approximate surface area is 256 Å². The van der Waals surface area contributed by atoms with Crippen LogP contribution < -0.4 is 10.7 Å². The Morgan fingerprint density at radius 2 is 1.85 bits per heavy atom. The van der Waals surface area contributed by atoms with Crippen LogP contribution in [0, 0.1) is 52.3 Å². The fourth-order valence-electron chi connectivity index (χ4n) is 11.0. The van der Waals surface area contributed by atoms with E-state index in [1.807, 2.05) is 0 Å². The zero-order valence-corrected chi connectivity index (χ0v) is 26.5. The second-order valence-corrected chi connectivity index (χ2v) is 15.7. The van der Waals surface area contributed by atoms with Gasteiger partial charge in [-0.3, -0.25) is 5.43 Å². The first-order valence-electron chi connectivity index (χ1n) is 17.1. The molecule has 0 bridgehead atoms. The van der Waals surface area contributed by atoms with Gasteiger partial charge in [-0.2, -0.15) is 0 Å². The molecule has 0 radical (unpaired) electrons. The van der Waals surface area contributed by atoms with E-state index in [4.69, 9.17) is 4.74 Å². The Morgan fingerprint density at radius 1 is 1.10 bits per heavy atom. The van der Waals surface area contributed by atoms with Gasteiger partial charge in [0.15, 0.2) is 0 Å². The number of ether oxygens (including phenoxy) is 1. The summed E-state index contributed by atoms with van der Waals surface area (Å²) in [5.74, 6) is 5.94. The minimum absolute atomic E-state index is 0. The molecule has 2 heterocycles. The van der Waals surface area contributed by atoms with Crippen LogP contribution in [0.4, 0.5) is 4.79 Å². The zero-order chi connectivity index (χ0) is 28.9. The molecule has 6 fully saturated rings. The van der Waals surface area contributed by atoms with E-state index in [1.165, 1.54) is 44.3 Å². The molecule has 4 unspecified atom stereocenters. The summed E-state index contributed by atoms with van der Waals surface area (Å²) in [6.07, 6.45) is 14.9. The van der Waals surface area contributed by atoms with Crippen LogP contribution in [-0.2, 0) is 4.74 Å². The number of rotatable bonds is 6. The van der Waals surface area contributed by atoms with Crippen molar-refractivity contribution in [2.45, 2.75) is 104 Å². The number of fused-ring (bicyclic) bond motifs is 7. The lowest BCUT2D eigenvalue weighted by atomic mass is 9.44. The first-order chi connectivity index (χ1) is 19.6. The fourth-order valence-corrected chi connectivity index (χ4v) is 11.0. The van der Waals surface area contributed by atoms with E-state index >= 15 is 0 Å². The average molecular weight is 581 g/mol. The van der Waals surface area contributed by atoms with Gasteiger partial charge in [-0.15, -0.1) is 0 Å². The van der Waals surface area contributed by atoms with Crippen molar-refractivity contribution >= 4 is 6.03 Å². The number of likely N-dealkylation sites (N-methyl/N-ethyl adjacent to an activating group) is 1. The second kappa shape index (κ2) is 11.6. The minimum Gasteiger partial charge on any atom is -0.494 e. The molecule has 2 amide bonds. The summed E-state index contributed by atoms with van der Waals surface area (Å²) in [6.45, 7) is 13.9. The highest BCUT2D eigenvalue weighted by atomic mass is 16.5. The number of nitrogens with one attached hydrogen (secondary N) is 2. The monoisotopic (exact) mass is 581 g/mol. The van der Waals surface area contributed by atoms with Crippen LogP contribution in [0.1, 0.15) is 99.0 Å². The Hall–Kier alpha value is -1.31. The lowest BCUT2D eigenvalue weighted by molar-refractivity contribution is -0.116. The number of hydrogen-bond donors (Lipinski definition) is 3. The van der Waals surface area contributed by atoms with Gasteiger partial charge in [0, 0.05) is 57.8 Å². The van der Waals surface area contributed by atoms with Crippen LogP contribution >= 0.6 is 0 Å². The van der Waals surface area contributed by atoms with E-state index in [9.17, 15) is 9.90 Å². The quantitative estimate of drug-likeness (QED) is 0.328. The van der Waals surface area contributed by atoms with Gasteiger partial charge >= 0.3 is 6.03 Å². The maximum atomic E-state index is 12.8. The number of nitrogens with zero attached hydrogens (tertiary/aromatic N) is 2. The van der Waals surface area contributed by atoms with Gasteiger partial charge < -0.3 is 20.1 Å². The van der Waals surface area contributed by atoms with Crippen LogP contribution in [-0.4, -0.2) is 73.0 Å². The Bertz CT molecular complexity index is 1000. The maximum Gasteiger partial charge on any atom is 0.329 e. The molecule has 0 spiro atoms. The molecule has 4 aliphatic carbocycles. The van der Waals surface area contributed by atoms with Gasteiger partial charge in [-0.1, -0.05) is 27.7 Å². The number of allylic oxidation sites excluding steroid dienone is 2. The van der Waals surface area contributed by atoms with Crippen LogP contribution in [0.3, 0.4) is 0 Å². The molecule has 242 valence electrons. The van der Waals surface area contributed by atoms with Crippen LogP contribution in [0.5, 0.6) is 0 Å². The second-order valence-electron chi connectivity index (χ2n) is 15.7. The van der Waals surface area contributed by atoms with Crippen molar-refractivity contribution in [3.05, 3.63) is 11.8 Å². The van der Waals surface area contributed by atoms with Crippen molar-refractivity contribution in [2.75, 3.05) is 39.8 Å². The molecule has 0 aromatic rings. The highest BCUT2D eigenvalue weighted by molar-refractivity contribution is 5.73. The molecule has 2 aliphatic heterocycles. The summed E-state index contributed by atoms with van der Waals surface area (Å²) in [7, 11) is 2.14. The van der Waals surface area contributed by atoms with E-state index < -0.39 is 0 Å². The van der Waals surface area contributed by atoms with Crippen LogP contribution in [0.25, 0.3) is 0 Å². The third-order valence-electron chi connectivity index (χ3n) is 13.4. The summed E-state index contributed by atoms with van der Waals surface area (Å²) in [4.78, 5) is 15.1. The smallest absolute Gasteiger partial charge is 0.329 e. The molecule has 6 aliphatic rings. The summed E-state index contributed by atoms with van der Waals surface area (Å²) >= 11 is 0. The molecule has 4 saturated carbocycles. The standard InChI is InChI=1S/C34H58N4O3.5H2/c1-22(21-39)7-6-8-29-23(2)31-30(41-29)20-28-26-10-9-24-19-25(35-32(40)36-38-17-15-37(5)16-18-38)11-13-33(24,3)27(26)12-14-34(28,31)4;;;;;/h8,22-28,30-31,39H,6-7,9-21H2,1-5H3,(H2,35,36,40);5*1H/b29-8-;;;;;/t22?,23-,24-,25+,26-,27?,28?,30+,31?,33+,34+;;;;;/m1...../s1. The van der Waals surface area contributed by atoms with Crippen molar-refractivity contribution in [1.82, 2.24) is 20.7 Å². The molecule has 41 heavy (non-hydrogen) atoms. The van der Waals surface area contributed by atoms with E-state index in [-0.39, 0.29) is 19.8 Å². The normalized spacial score (nSPS) is 46.1. The van der Waals surface area contributed by atoms with E-state index in [1.54, 1.807) is 0 Å². The molecular weight excluding hydrogens is 512 g/mol. The lowest BCUT2D eigenvalue weighted by Gasteiger charge is -2.61. The number of hydrogen-bond acceptors (Lipinski definition) is 5. The maximum absolute atomic E-state index is 12.8. The van der Waals surface area contributed by atoms with Gasteiger partial charge in [0.05, 0.1) is 5.76 Å². The Balaban J connectivity index is 0.00000212. The Morgan fingerprint density at radius 3 is 2.61 bits per heavy atom. The van der Waals surface area contributed by atoms with Crippen molar-refractivity contribution in [1.29, 1.82) is 0 Å². The molecule has 7 heteroatoms. The number of aliphatic hydroxyl groups excluding tert-OH is 1. The zero-order valence-electron chi connectivity index (χ0n) is 26.5. The van der Waals surface area contributed by atoms with Gasteiger partial charge in [0.1, 0.15) is 6.10 Å². The SMILES string of the molecule is CC(CO)CC/C=C1\O[C@H]2CC3[C@@H]4CC[C@@H]5C[C@@H](NC(=O)NN6CCN(C)CC6)CC[C@]5(C)C4CC[C@]3(C)C2[C@@H]1C.[HH].[HH].[HH].[HH].[HH]. The summed E-state index contributed by atoms with van der Waals surface area (Å²) < 4.78 is 6.74. The first kappa shape index (κ1) is 29.7. The van der Waals surface area contributed by atoms with Gasteiger partial charge in [-0.05, 0) is 118 Å². The van der Waals surface area contributed by atoms with Gasteiger partial charge in [-0.25, -0.2) is 9.80 Å². The molecule has 7 nitrogen and oxygen atoms in total. The predicted octanol–water partition coefficient (Wildman–Crippen LogP) is 6.64. The number of urea groups is 1. The summed E-state index contributed by atoms with van der Waals surface area (Å²) in [5, 5.41) is 14.8. The number of aliphatic hydroxyl groups is 1. The highest BCUT2D eigenvalue weighted by Gasteiger charge is 2.65. The molecule has 6 rings (SSSR count). The van der Waals surface area contributed by atoms with Gasteiger partial charge in [0.25, 0.3) is 0 Å². The number of carbonyl (C=O) groups excluding carboxylic acids is 1. The average Bonchev–Trinajstić information content (AvgIpc) is 3.42. The lowest BCUT2D eigenvalue weighted by Crippen LogP contribution is -2.58. The third-order valence-corrected chi connectivity index (χ3v) is 13.4. The molecule has 11 atom stereocenters. The van der Waals surface area contributed by atoms with Crippen molar-refractivity contribution in [2.24, 2.45) is 52.3 Å². The van der Waals surface area contributed by atoms with E-state index in [2.05, 4.69) is 61.5 Å². The Kier molecular flexibility index (Phi) is 8.45. The van der Waals surface area contributed by atoms with Gasteiger partial charge in [0.2, 0.25) is 0 Å². The largest absolute Gasteiger partial charge is 0.494 e. The molecule has 0 aromatic heterocycles. The molecular formula is C34H68N4O3. The topological polar surface area (TPSA) is 77.1 Å². The molecule has 2 saturated heterocycles. The third kappa shape index (κ3) is 5.46. The number of hydrazine groups is 1. The number of carbonyl (C=O) groups is 1. The van der Waals surface area contributed by atoms with Crippen molar-refractivity contribution in [3.63, 3.8) is 0 Å². The number of piperazine rings is 1. The van der Waals surface area contributed by atoms with Crippen molar-refractivity contribution in [3.8, 4) is 0 Å². The van der Waals surface area contributed by atoms with Crippen LogP contribution in [0.15, 0.2) is 11.8 Å². The van der Waals surface area contributed by atoms with E-state index in [0.29, 0.717) is 40.7 Å². The van der Waals surface area contributed by atoms with Crippen LogP contribution in [0.2, 0.25) is 0 Å². The minimum atomic E-state index is -0.00628. The molecule has 0 aromatic carbocycles. The van der Waals surface area contributed by atoms with E-state index in [0.717, 1.165) is 75.5 Å².